The Morgan fingerprint density at radius 1 is 1.25 bits per heavy atom. The zero-order valence-corrected chi connectivity index (χ0v) is 19.8. The first-order valence-corrected chi connectivity index (χ1v) is 11.9. The van der Waals surface area contributed by atoms with Crippen LogP contribution in [0.1, 0.15) is 33.9 Å². The van der Waals surface area contributed by atoms with Gasteiger partial charge in [0.25, 0.3) is 5.91 Å². The number of amidine groups is 1. The number of aromatic amines is 1. The highest BCUT2D eigenvalue weighted by Crippen LogP contribution is 2.30. The van der Waals surface area contributed by atoms with Gasteiger partial charge in [0.15, 0.2) is 0 Å². The molecule has 3 aromatic rings. The molecule has 2 aliphatic rings. The van der Waals surface area contributed by atoms with E-state index in [0.717, 1.165) is 29.3 Å². The number of amides is 1. The molecule has 0 radical (unpaired) electrons. The van der Waals surface area contributed by atoms with E-state index in [1.807, 2.05) is 18.3 Å². The van der Waals surface area contributed by atoms with Crippen molar-refractivity contribution in [2.75, 3.05) is 43.6 Å². The first-order valence-electron chi connectivity index (χ1n) is 11.9. The number of likely N-dealkylation sites (N-methyl/N-ethyl adjacent to an activating group) is 1. The largest absolute Gasteiger partial charge is 0.394 e. The lowest BCUT2D eigenvalue weighted by Crippen LogP contribution is -2.38. The molecule has 0 unspecified atom stereocenters. The van der Waals surface area contributed by atoms with E-state index in [4.69, 9.17) is 0 Å². The van der Waals surface area contributed by atoms with E-state index in [9.17, 15) is 9.90 Å². The van der Waals surface area contributed by atoms with Crippen LogP contribution in [0, 0.1) is 11.6 Å². The van der Waals surface area contributed by atoms with Crippen LogP contribution in [0.15, 0.2) is 59.7 Å². The number of H-pyrrole nitrogens is 1. The van der Waals surface area contributed by atoms with E-state index in [2.05, 4.69) is 25.5 Å². The van der Waals surface area contributed by atoms with Gasteiger partial charge >= 0.3 is 0 Å². The number of nitrogens with one attached hydrogen (secondary N) is 3. The number of anilines is 2. The van der Waals surface area contributed by atoms with Crippen molar-refractivity contribution in [2.45, 2.75) is 18.5 Å². The molecule has 1 saturated heterocycles. The third-order valence-electron chi connectivity index (χ3n) is 6.80. The molecular formula is C26H28F2N6O2. The van der Waals surface area contributed by atoms with Crippen LogP contribution in [0.3, 0.4) is 0 Å². The summed E-state index contributed by atoms with van der Waals surface area (Å²) in [5.41, 5.74) is 1.36. The van der Waals surface area contributed by atoms with E-state index >= 15 is 8.78 Å². The fourth-order valence-electron chi connectivity index (χ4n) is 4.88. The quantitative estimate of drug-likeness (QED) is 0.423. The monoisotopic (exact) mass is 494 g/mol. The summed E-state index contributed by atoms with van der Waals surface area (Å²) < 4.78 is 30.3. The number of rotatable bonds is 6. The fraction of sp³-hybridized carbons (Fsp3) is 0.308. The molecule has 0 aliphatic carbocycles. The number of benzene rings is 2. The first-order chi connectivity index (χ1) is 17.5. The highest BCUT2D eigenvalue weighted by molar-refractivity contribution is 6.04. The van der Waals surface area contributed by atoms with Gasteiger partial charge in [0, 0.05) is 37.9 Å². The Hall–Kier alpha value is -3.92. The van der Waals surface area contributed by atoms with Gasteiger partial charge in [-0.25, -0.2) is 13.8 Å². The average Bonchev–Trinajstić information content (AvgIpc) is 3.57. The second-order valence-electron chi connectivity index (χ2n) is 8.99. The van der Waals surface area contributed by atoms with Crippen molar-refractivity contribution < 1.29 is 18.7 Å². The van der Waals surface area contributed by atoms with Crippen LogP contribution in [-0.2, 0) is 0 Å². The second kappa shape index (κ2) is 9.98. The molecule has 4 N–H and O–H groups in total. The van der Waals surface area contributed by atoms with Crippen LogP contribution < -0.4 is 15.5 Å². The van der Waals surface area contributed by atoms with E-state index in [1.54, 1.807) is 36.2 Å². The number of fused-ring (bicyclic) bond motifs is 1. The molecule has 2 atom stereocenters. The minimum atomic E-state index is -0.812. The van der Waals surface area contributed by atoms with Crippen molar-refractivity contribution in [1.29, 1.82) is 0 Å². The molecule has 5 rings (SSSR count). The standard InChI is InChI=1S/C26H28F2N6O2/c1-33(18-8-10-34(13-18)25-19-7-9-29-24(19)30-15-31-25)23-20(27)11-17(12-21(23)28)26(36)32-22(14-35)16-5-3-2-4-6-16/h2-7,9,11-12,18,22,29-30,35H,8,10,13-15H2,1H3,(H,32,36)/t18-,22+/m1/s1. The van der Waals surface area contributed by atoms with Crippen LogP contribution >= 0.6 is 0 Å². The average molecular weight is 495 g/mol. The molecule has 2 aliphatic heterocycles. The Morgan fingerprint density at radius 3 is 2.72 bits per heavy atom. The van der Waals surface area contributed by atoms with Crippen molar-refractivity contribution in [3.8, 4) is 0 Å². The molecular weight excluding hydrogens is 466 g/mol. The van der Waals surface area contributed by atoms with Crippen molar-refractivity contribution in [3.05, 3.63) is 83.1 Å². The molecule has 1 aromatic heterocycles. The summed E-state index contributed by atoms with van der Waals surface area (Å²) in [6.45, 7) is 1.40. The van der Waals surface area contributed by atoms with Gasteiger partial charge in [0.2, 0.25) is 0 Å². The molecule has 0 spiro atoms. The predicted molar refractivity (Wildman–Crippen MR) is 134 cm³/mol. The molecule has 2 aromatic carbocycles. The van der Waals surface area contributed by atoms with Gasteiger partial charge in [-0.05, 0) is 30.2 Å². The zero-order chi connectivity index (χ0) is 25.2. The van der Waals surface area contributed by atoms with Crippen molar-refractivity contribution in [3.63, 3.8) is 0 Å². The molecule has 10 heteroatoms. The third kappa shape index (κ3) is 4.51. The summed E-state index contributed by atoms with van der Waals surface area (Å²) in [5.74, 6) is -0.505. The SMILES string of the molecule is CN(c1c(F)cc(C(=O)N[C@@H](CO)c2ccccc2)cc1F)[C@@H]1CCN(C2=NCNc3[nH]ccc32)C1. The second-order valence-corrected chi connectivity index (χ2v) is 8.99. The lowest BCUT2D eigenvalue weighted by atomic mass is 10.1. The highest BCUT2D eigenvalue weighted by atomic mass is 19.1. The number of aliphatic hydroxyl groups is 1. The van der Waals surface area contributed by atoms with Crippen LogP contribution in [-0.4, -0.2) is 66.2 Å². The van der Waals surface area contributed by atoms with Crippen LogP contribution in [0.2, 0.25) is 0 Å². The number of halogens is 2. The van der Waals surface area contributed by atoms with Gasteiger partial charge in [-0.15, -0.1) is 0 Å². The topological polar surface area (TPSA) is 96.0 Å². The number of aliphatic imine (C=N–C) groups is 1. The zero-order valence-electron chi connectivity index (χ0n) is 19.8. The van der Waals surface area contributed by atoms with Gasteiger partial charge in [-0.3, -0.25) is 4.79 Å². The summed E-state index contributed by atoms with van der Waals surface area (Å²) in [5, 5.41) is 15.5. The Balaban J connectivity index is 1.30. The van der Waals surface area contributed by atoms with Crippen LogP contribution in [0.5, 0.6) is 0 Å². The Labute approximate surface area is 207 Å². The Bertz CT molecular complexity index is 1260. The predicted octanol–water partition coefficient (Wildman–Crippen LogP) is 3.10. The van der Waals surface area contributed by atoms with Gasteiger partial charge in [0.05, 0.1) is 18.2 Å². The van der Waals surface area contributed by atoms with E-state index in [1.165, 1.54) is 0 Å². The number of aromatic nitrogens is 1. The number of carbonyl (C=O) groups is 1. The lowest BCUT2D eigenvalue weighted by Gasteiger charge is -2.29. The van der Waals surface area contributed by atoms with Gasteiger partial charge in [-0.1, -0.05) is 30.3 Å². The summed E-state index contributed by atoms with van der Waals surface area (Å²) in [6.07, 6.45) is 2.56. The number of nitrogens with zero attached hydrogens (tertiary/aromatic N) is 3. The number of likely N-dealkylation sites (tertiary alicyclic amines) is 1. The summed E-state index contributed by atoms with van der Waals surface area (Å²) >= 11 is 0. The molecule has 3 heterocycles. The molecule has 36 heavy (non-hydrogen) atoms. The molecule has 1 amide bonds. The maximum Gasteiger partial charge on any atom is 0.252 e. The smallest absolute Gasteiger partial charge is 0.252 e. The molecule has 0 bridgehead atoms. The Morgan fingerprint density at radius 2 is 2.00 bits per heavy atom. The molecule has 188 valence electrons. The number of hydrogen-bond donors (Lipinski definition) is 4. The maximum absolute atomic E-state index is 15.2. The summed E-state index contributed by atoms with van der Waals surface area (Å²) in [7, 11) is 1.67. The van der Waals surface area contributed by atoms with Gasteiger partial charge < -0.3 is 30.5 Å². The van der Waals surface area contributed by atoms with Gasteiger partial charge in [-0.2, -0.15) is 0 Å². The molecule has 8 nitrogen and oxygen atoms in total. The normalized spacial score (nSPS) is 17.7. The number of carbonyl (C=O) groups excluding carboxylic acids is 1. The van der Waals surface area contributed by atoms with E-state index < -0.39 is 23.6 Å². The third-order valence-corrected chi connectivity index (χ3v) is 6.80. The van der Waals surface area contributed by atoms with Crippen molar-refractivity contribution in [1.82, 2.24) is 15.2 Å². The summed E-state index contributed by atoms with van der Waals surface area (Å²) in [6, 6.07) is 12.1. The number of hydrogen-bond acceptors (Lipinski definition) is 6. The Kier molecular flexibility index (Phi) is 6.60. The minimum absolute atomic E-state index is 0.134. The first kappa shape index (κ1) is 23.8. The lowest BCUT2D eigenvalue weighted by molar-refractivity contribution is 0.0915. The molecule has 0 saturated carbocycles. The molecule has 1 fully saturated rings. The number of aliphatic hydroxyl groups excluding tert-OH is 1. The van der Waals surface area contributed by atoms with E-state index in [0.29, 0.717) is 31.7 Å². The van der Waals surface area contributed by atoms with Crippen LogP contribution in [0.4, 0.5) is 20.3 Å². The van der Waals surface area contributed by atoms with Crippen LogP contribution in [0.25, 0.3) is 0 Å². The van der Waals surface area contributed by atoms with Gasteiger partial charge in [0.1, 0.15) is 35.6 Å². The van der Waals surface area contributed by atoms with Crippen molar-refractivity contribution in [2.24, 2.45) is 4.99 Å². The maximum atomic E-state index is 15.2. The fourth-order valence-corrected chi connectivity index (χ4v) is 4.88. The highest BCUT2D eigenvalue weighted by Gasteiger charge is 2.32. The summed E-state index contributed by atoms with van der Waals surface area (Å²) in [4.78, 5) is 24.2. The minimum Gasteiger partial charge on any atom is -0.394 e. The van der Waals surface area contributed by atoms with E-state index in [-0.39, 0.29) is 23.9 Å². The van der Waals surface area contributed by atoms with Crippen molar-refractivity contribution >= 4 is 23.2 Å².